The van der Waals surface area contributed by atoms with Gasteiger partial charge in [-0.1, -0.05) is 16.9 Å². The molecule has 0 aromatic carbocycles. The molecule has 3 amide bonds. The Bertz CT molecular complexity index is 1420. The number of nitrogens with zero attached hydrogens (tertiary/aromatic N) is 7. The number of thiazole rings is 1. The highest BCUT2D eigenvalue weighted by Gasteiger charge is 2.54. The van der Waals surface area contributed by atoms with E-state index in [9.17, 15) is 28.8 Å². The number of aryl methyl sites for hydroxylation is 1. The van der Waals surface area contributed by atoms with Gasteiger partial charge in [-0.2, -0.15) is 0 Å². The number of carbonyl (C=O) groups excluding carboxylic acids is 3. The molecule has 0 radical (unpaired) electrons. The molecule has 5 N–H and O–H groups in total. The number of rotatable bonds is 12. The molecule has 4 rings (SSSR count). The van der Waals surface area contributed by atoms with Gasteiger partial charge < -0.3 is 30.4 Å². The number of hydrogen-bond acceptors (Lipinski definition) is 14. The van der Waals surface area contributed by atoms with E-state index in [2.05, 4.69) is 41.1 Å². The third kappa shape index (κ3) is 6.45. The molecule has 2 aromatic heterocycles. The Morgan fingerprint density at radius 3 is 2.82 bits per heavy atom. The Balaban J connectivity index is 1.51. The van der Waals surface area contributed by atoms with Crippen LogP contribution in [0.4, 0.5) is 5.13 Å². The highest BCUT2D eigenvalue weighted by atomic mass is 32.2. The lowest BCUT2D eigenvalue weighted by molar-refractivity contribution is -0.150. The fourth-order valence-corrected chi connectivity index (χ4v) is 6.57. The maximum absolute atomic E-state index is 13.1. The van der Waals surface area contributed by atoms with E-state index >= 15 is 0 Å². The van der Waals surface area contributed by atoms with Crippen LogP contribution in [0.25, 0.3) is 0 Å². The number of fused-ring (bicyclic) bond motifs is 1. The number of carboxylic acid groups (broad SMARTS) is 1. The molecule has 0 saturated carbocycles. The summed E-state index contributed by atoms with van der Waals surface area (Å²) >= 11 is 3.38. The van der Waals surface area contributed by atoms with E-state index in [4.69, 9.17) is 9.79 Å². The molecule has 18 nitrogen and oxygen atoms in total. The number of hydrogen-bond donors (Lipinski definition) is 5. The van der Waals surface area contributed by atoms with Crippen molar-refractivity contribution < 1.29 is 43.5 Å². The Labute approximate surface area is 230 Å². The first-order chi connectivity index (χ1) is 18.5. The van der Waals surface area contributed by atoms with Gasteiger partial charge in [0, 0.05) is 23.9 Å². The minimum atomic E-state index is -4.62. The van der Waals surface area contributed by atoms with E-state index in [1.807, 2.05) is 0 Å². The molecule has 1 unspecified atom stereocenters. The molecule has 2 aliphatic heterocycles. The Kier molecular flexibility index (Phi) is 8.67. The van der Waals surface area contributed by atoms with Gasteiger partial charge >= 0.3 is 13.6 Å². The first-order valence-corrected chi connectivity index (χ1v) is 15.2. The highest BCUT2D eigenvalue weighted by molar-refractivity contribution is 8.01. The van der Waals surface area contributed by atoms with Gasteiger partial charge in [0.15, 0.2) is 10.8 Å². The number of aliphatic carboxylic acids is 1. The van der Waals surface area contributed by atoms with Crippen molar-refractivity contribution in [3.63, 3.8) is 0 Å². The van der Waals surface area contributed by atoms with Crippen molar-refractivity contribution in [1.82, 2.24) is 35.4 Å². The number of anilines is 1. The topological polar surface area (TPSA) is 251 Å². The Hall–Kier alpha value is -3.36. The smallest absolute Gasteiger partial charge is 0.365 e. The van der Waals surface area contributed by atoms with Crippen LogP contribution in [0.5, 0.6) is 0 Å². The second-order valence-electron chi connectivity index (χ2n) is 7.65. The van der Waals surface area contributed by atoms with Crippen LogP contribution in [-0.2, 0) is 35.6 Å². The summed E-state index contributed by atoms with van der Waals surface area (Å²) < 4.78 is 12.5. The quantitative estimate of drug-likeness (QED) is 0.0458. The predicted octanol–water partition coefficient (Wildman–Crippen LogP) is -1.38. The van der Waals surface area contributed by atoms with Crippen LogP contribution in [0.2, 0.25) is 0 Å². The lowest BCUT2D eigenvalue weighted by Gasteiger charge is -2.49. The van der Waals surface area contributed by atoms with Gasteiger partial charge in [0.2, 0.25) is 17.9 Å². The zero-order valence-corrected chi connectivity index (χ0v) is 22.9. The molecule has 39 heavy (non-hydrogen) atoms. The van der Waals surface area contributed by atoms with Gasteiger partial charge in [-0.05, 0) is 16.0 Å². The van der Waals surface area contributed by atoms with Crippen molar-refractivity contribution in [3.8, 4) is 0 Å². The van der Waals surface area contributed by atoms with Gasteiger partial charge in [0.1, 0.15) is 22.8 Å². The van der Waals surface area contributed by atoms with E-state index in [0.29, 0.717) is 17.1 Å². The molecule has 4 heterocycles. The second-order valence-corrected chi connectivity index (χ2v) is 12.1. The van der Waals surface area contributed by atoms with E-state index in [-0.39, 0.29) is 28.0 Å². The average molecular weight is 620 g/mol. The SMILES string of the molecule is Cn1nnnc1SCC1=C(C(=O)O)N2C(=O)C(NC(=O)C(=NOCP(=O)(O)O)c3csc(NC=O)n3)[C@H]2SC1. The zero-order valence-electron chi connectivity index (χ0n) is 19.5. The summed E-state index contributed by atoms with van der Waals surface area (Å²) in [5, 5.41) is 30.3. The molecule has 2 aromatic rings. The largest absolute Gasteiger partial charge is 0.477 e. The third-order valence-electron chi connectivity index (χ3n) is 5.02. The summed E-state index contributed by atoms with van der Waals surface area (Å²) in [4.78, 5) is 76.5. The van der Waals surface area contributed by atoms with Crippen molar-refractivity contribution in [1.29, 1.82) is 0 Å². The zero-order chi connectivity index (χ0) is 28.3. The first kappa shape index (κ1) is 28.6. The predicted molar refractivity (Wildman–Crippen MR) is 136 cm³/mol. The molecule has 0 bridgehead atoms. The third-order valence-corrected chi connectivity index (χ3v) is 8.68. The Morgan fingerprint density at radius 1 is 1.41 bits per heavy atom. The summed E-state index contributed by atoms with van der Waals surface area (Å²) in [6.45, 7) is 0. The number of carboxylic acids is 1. The lowest BCUT2D eigenvalue weighted by atomic mass is 10.0. The number of tetrazole rings is 1. The van der Waals surface area contributed by atoms with Crippen molar-refractivity contribution in [3.05, 3.63) is 22.3 Å². The number of aromatic nitrogens is 5. The van der Waals surface area contributed by atoms with Crippen LogP contribution in [0.15, 0.2) is 27.0 Å². The van der Waals surface area contributed by atoms with E-state index < -0.39 is 48.9 Å². The first-order valence-electron chi connectivity index (χ1n) is 10.5. The summed E-state index contributed by atoms with van der Waals surface area (Å²) in [5.41, 5.74) is -0.342. The summed E-state index contributed by atoms with van der Waals surface area (Å²) in [5.74, 6) is -2.50. The van der Waals surface area contributed by atoms with Crippen LogP contribution in [0.1, 0.15) is 5.69 Å². The number of oxime groups is 1. The van der Waals surface area contributed by atoms with Gasteiger partial charge in [-0.3, -0.25) is 23.8 Å². The van der Waals surface area contributed by atoms with Gasteiger partial charge in [0.25, 0.3) is 11.8 Å². The van der Waals surface area contributed by atoms with E-state index in [1.165, 1.54) is 33.6 Å². The molecule has 208 valence electrons. The number of thioether (sulfide) groups is 2. The molecular formula is C17H18N9O9PS3. The molecule has 2 aliphatic rings. The molecule has 22 heteroatoms. The van der Waals surface area contributed by atoms with Crippen LogP contribution in [0, 0.1) is 0 Å². The molecule has 2 atom stereocenters. The minimum absolute atomic E-state index is 0.1000. The monoisotopic (exact) mass is 619 g/mol. The van der Waals surface area contributed by atoms with Crippen molar-refractivity contribution in [2.45, 2.75) is 16.6 Å². The highest BCUT2D eigenvalue weighted by Crippen LogP contribution is 2.41. The van der Waals surface area contributed by atoms with Gasteiger partial charge in [-0.25, -0.2) is 14.5 Å². The number of carbonyl (C=O) groups is 4. The standard InChI is InChI=1S/C17H18N9O9PS3/c1-25-17(21-23-24-25)39-3-7-2-37-14-10(13(29)26(14)11(7)15(30)31)20-12(28)9(22-35-6-36(32,33)34)8-4-38-16(19-8)18-5-27/h4-5,10,14H,2-3,6H2,1H3,(H,20,28)(H,30,31)(H,18,19,27)(H2,32,33,34)/t10?,14-/m1/s1. The van der Waals surface area contributed by atoms with E-state index in [0.717, 1.165) is 16.2 Å². The van der Waals surface area contributed by atoms with Crippen molar-refractivity contribution in [2.24, 2.45) is 12.2 Å². The van der Waals surface area contributed by atoms with Gasteiger partial charge in [0.05, 0.1) is 0 Å². The van der Waals surface area contributed by atoms with Crippen LogP contribution < -0.4 is 10.6 Å². The number of amides is 3. The maximum atomic E-state index is 13.1. The van der Waals surface area contributed by atoms with Crippen LogP contribution in [0.3, 0.4) is 0 Å². The molecular weight excluding hydrogens is 601 g/mol. The maximum Gasteiger partial charge on any atom is 0.365 e. The average Bonchev–Trinajstić information content (AvgIpc) is 3.51. The molecule has 0 aliphatic carbocycles. The number of β-lactam (4-membered cyclic amide) rings is 1. The normalized spacial score (nSPS) is 19.3. The summed E-state index contributed by atoms with van der Waals surface area (Å²) in [6, 6.07) is -1.13. The second kappa shape index (κ2) is 11.8. The summed E-state index contributed by atoms with van der Waals surface area (Å²) in [7, 11) is -2.99. The Morgan fingerprint density at radius 2 is 2.18 bits per heavy atom. The van der Waals surface area contributed by atoms with Crippen LogP contribution >= 0.6 is 42.5 Å². The number of nitrogens with one attached hydrogen (secondary N) is 2. The minimum Gasteiger partial charge on any atom is -0.477 e. The van der Waals surface area contributed by atoms with Crippen molar-refractivity contribution >= 4 is 77.5 Å². The molecule has 1 fully saturated rings. The fourth-order valence-electron chi connectivity index (χ4n) is 3.37. The van der Waals surface area contributed by atoms with E-state index in [1.54, 1.807) is 7.05 Å². The van der Waals surface area contributed by atoms with Gasteiger partial charge in [-0.15, -0.1) is 28.2 Å². The molecule has 1 saturated heterocycles. The lowest BCUT2D eigenvalue weighted by Crippen LogP contribution is -2.71. The van der Waals surface area contributed by atoms with Crippen LogP contribution in [-0.4, -0.2) is 104 Å². The fraction of sp³-hybridized carbons (Fsp3) is 0.353. The molecule has 0 spiro atoms. The van der Waals surface area contributed by atoms with Crippen molar-refractivity contribution in [2.75, 3.05) is 23.2 Å². The summed E-state index contributed by atoms with van der Waals surface area (Å²) in [6.07, 6.45) is -0.768.